The first-order chi connectivity index (χ1) is 8.77. The van der Waals surface area contributed by atoms with Gasteiger partial charge in [0.2, 0.25) is 0 Å². The first-order valence-electron chi connectivity index (χ1n) is 6.45. The summed E-state index contributed by atoms with van der Waals surface area (Å²) in [6.07, 6.45) is 0.945. The molecule has 0 fully saturated rings. The molecule has 0 aliphatic carbocycles. The van der Waals surface area contributed by atoms with E-state index in [-0.39, 0.29) is 0 Å². The number of nitrogens with two attached hydrogens (primary N) is 1. The van der Waals surface area contributed by atoms with Gasteiger partial charge in [-0.3, -0.25) is 0 Å². The molecule has 0 heterocycles. The Morgan fingerprint density at radius 3 is 2.72 bits per heavy atom. The van der Waals surface area contributed by atoms with Crippen molar-refractivity contribution in [3.05, 3.63) is 24.3 Å². The number of hydrogen-bond donors (Lipinski definition) is 1. The van der Waals surface area contributed by atoms with Gasteiger partial charge in [0.15, 0.2) is 0 Å². The summed E-state index contributed by atoms with van der Waals surface area (Å²) >= 11 is 0. The summed E-state index contributed by atoms with van der Waals surface area (Å²) in [6.45, 7) is 6.20. The standard InChI is InChI=1S/C14H24N2O2/c1-3-16(8-11-18-10-5-9-17-2)14-7-4-6-13(15)12-14/h4,6-7,12H,3,5,8-11,15H2,1-2H3. The zero-order valence-corrected chi connectivity index (χ0v) is 11.4. The molecule has 4 heteroatoms. The molecule has 0 unspecified atom stereocenters. The van der Waals surface area contributed by atoms with Gasteiger partial charge in [-0.15, -0.1) is 0 Å². The lowest BCUT2D eigenvalue weighted by Gasteiger charge is -2.23. The third-order valence-electron chi connectivity index (χ3n) is 2.76. The number of nitrogens with zero attached hydrogens (tertiary/aromatic N) is 1. The van der Waals surface area contributed by atoms with Crippen LogP contribution >= 0.6 is 0 Å². The fourth-order valence-corrected chi connectivity index (χ4v) is 1.77. The number of methoxy groups -OCH3 is 1. The Labute approximate surface area is 110 Å². The van der Waals surface area contributed by atoms with Crippen molar-refractivity contribution in [3.8, 4) is 0 Å². The number of anilines is 2. The van der Waals surface area contributed by atoms with E-state index < -0.39 is 0 Å². The van der Waals surface area contributed by atoms with Gasteiger partial charge in [0, 0.05) is 44.8 Å². The highest BCUT2D eigenvalue weighted by Gasteiger charge is 2.03. The van der Waals surface area contributed by atoms with E-state index in [0.29, 0.717) is 0 Å². The van der Waals surface area contributed by atoms with Crippen molar-refractivity contribution in [1.29, 1.82) is 0 Å². The van der Waals surface area contributed by atoms with E-state index in [0.717, 1.165) is 50.7 Å². The second kappa shape index (κ2) is 8.78. The highest BCUT2D eigenvalue weighted by Crippen LogP contribution is 2.16. The largest absolute Gasteiger partial charge is 0.399 e. The summed E-state index contributed by atoms with van der Waals surface area (Å²) in [7, 11) is 1.71. The quantitative estimate of drug-likeness (QED) is 0.540. The van der Waals surface area contributed by atoms with Crippen LogP contribution in [0.5, 0.6) is 0 Å². The molecule has 1 aromatic rings. The molecule has 2 N–H and O–H groups in total. The van der Waals surface area contributed by atoms with Gasteiger partial charge in [0.05, 0.1) is 6.61 Å². The molecule has 0 aromatic heterocycles. The van der Waals surface area contributed by atoms with E-state index in [1.165, 1.54) is 0 Å². The van der Waals surface area contributed by atoms with Crippen LogP contribution in [0.25, 0.3) is 0 Å². The van der Waals surface area contributed by atoms with Gasteiger partial charge in [-0.25, -0.2) is 0 Å². The summed E-state index contributed by atoms with van der Waals surface area (Å²) in [6, 6.07) is 7.95. The maximum absolute atomic E-state index is 5.79. The van der Waals surface area contributed by atoms with Gasteiger partial charge in [-0.1, -0.05) is 6.07 Å². The average Bonchev–Trinajstić information content (AvgIpc) is 2.38. The number of ether oxygens (including phenoxy) is 2. The Kier molecular flexibility index (Phi) is 7.22. The minimum atomic E-state index is 0.729. The fraction of sp³-hybridized carbons (Fsp3) is 0.571. The summed E-state index contributed by atoms with van der Waals surface area (Å²) in [4.78, 5) is 2.26. The molecule has 4 nitrogen and oxygen atoms in total. The van der Waals surface area contributed by atoms with Crippen LogP contribution in [-0.4, -0.2) is 40.0 Å². The molecule has 0 spiro atoms. The molecule has 0 saturated heterocycles. The molecule has 102 valence electrons. The fourth-order valence-electron chi connectivity index (χ4n) is 1.77. The molecule has 18 heavy (non-hydrogen) atoms. The van der Waals surface area contributed by atoms with Gasteiger partial charge in [0.25, 0.3) is 0 Å². The van der Waals surface area contributed by atoms with Gasteiger partial charge in [-0.2, -0.15) is 0 Å². The molecule has 1 aromatic carbocycles. The summed E-state index contributed by atoms with van der Waals surface area (Å²) < 4.78 is 10.5. The van der Waals surface area contributed by atoms with E-state index in [9.17, 15) is 0 Å². The highest BCUT2D eigenvalue weighted by atomic mass is 16.5. The first kappa shape index (κ1) is 14.8. The SMILES string of the molecule is CCN(CCOCCCOC)c1cccc(N)c1. The number of benzene rings is 1. The number of rotatable bonds is 9. The van der Waals surface area contributed by atoms with Crippen molar-refractivity contribution >= 4 is 11.4 Å². The van der Waals surface area contributed by atoms with Crippen LogP contribution in [0.2, 0.25) is 0 Å². The third-order valence-corrected chi connectivity index (χ3v) is 2.76. The van der Waals surface area contributed by atoms with E-state index in [1.807, 2.05) is 18.2 Å². The Balaban J connectivity index is 2.29. The second-order valence-electron chi connectivity index (χ2n) is 4.13. The van der Waals surface area contributed by atoms with Crippen LogP contribution in [0.1, 0.15) is 13.3 Å². The number of nitrogen functional groups attached to an aromatic ring is 1. The van der Waals surface area contributed by atoms with Gasteiger partial charge < -0.3 is 20.1 Å². The van der Waals surface area contributed by atoms with Crippen molar-refractivity contribution in [2.75, 3.05) is 50.7 Å². The second-order valence-corrected chi connectivity index (χ2v) is 4.13. The maximum Gasteiger partial charge on any atom is 0.0641 e. The van der Waals surface area contributed by atoms with E-state index in [4.69, 9.17) is 15.2 Å². The lowest BCUT2D eigenvalue weighted by atomic mass is 10.2. The normalized spacial score (nSPS) is 10.6. The van der Waals surface area contributed by atoms with Crippen molar-refractivity contribution in [1.82, 2.24) is 0 Å². The summed E-state index contributed by atoms with van der Waals surface area (Å²) in [5.41, 5.74) is 7.74. The number of likely N-dealkylation sites (N-methyl/N-ethyl adjacent to an activating group) is 1. The van der Waals surface area contributed by atoms with Crippen LogP contribution in [0.4, 0.5) is 11.4 Å². The van der Waals surface area contributed by atoms with Gasteiger partial charge in [-0.05, 0) is 31.5 Å². The Morgan fingerprint density at radius 1 is 1.22 bits per heavy atom. The minimum absolute atomic E-state index is 0.729. The smallest absolute Gasteiger partial charge is 0.0641 e. The molecule has 1 rings (SSSR count). The lowest BCUT2D eigenvalue weighted by molar-refractivity contribution is 0.107. The summed E-state index contributed by atoms with van der Waals surface area (Å²) in [5, 5.41) is 0. The molecule has 0 aliphatic heterocycles. The van der Waals surface area contributed by atoms with Crippen LogP contribution in [0.3, 0.4) is 0 Å². The van der Waals surface area contributed by atoms with Crippen LogP contribution in [0, 0.1) is 0 Å². The third kappa shape index (κ3) is 5.38. The van der Waals surface area contributed by atoms with Crippen LogP contribution in [-0.2, 0) is 9.47 Å². The predicted octanol–water partition coefficient (Wildman–Crippen LogP) is 2.15. The molecule has 0 radical (unpaired) electrons. The highest BCUT2D eigenvalue weighted by molar-refractivity contribution is 5.55. The molecular weight excluding hydrogens is 228 g/mol. The monoisotopic (exact) mass is 252 g/mol. The Hall–Kier alpha value is -1.26. The van der Waals surface area contributed by atoms with E-state index in [2.05, 4.69) is 17.9 Å². The number of hydrogen-bond acceptors (Lipinski definition) is 4. The molecule has 0 bridgehead atoms. The minimum Gasteiger partial charge on any atom is -0.399 e. The van der Waals surface area contributed by atoms with Crippen LogP contribution < -0.4 is 10.6 Å². The zero-order chi connectivity index (χ0) is 13.2. The van der Waals surface area contributed by atoms with E-state index >= 15 is 0 Å². The van der Waals surface area contributed by atoms with Crippen molar-refractivity contribution in [3.63, 3.8) is 0 Å². The average molecular weight is 252 g/mol. The molecule has 0 amide bonds. The van der Waals surface area contributed by atoms with Gasteiger partial charge in [0.1, 0.15) is 0 Å². The predicted molar refractivity (Wildman–Crippen MR) is 76.1 cm³/mol. The molecule has 0 atom stereocenters. The summed E-state index contributed by atoms with van der Waals surface area (Å²) in [5.74, 6) is 0. The van der Waals surface area contributed by atoms with Crippen LogP contribution in [0.15, 0.2) is 24.3 Å². The van der Waals surface area contributed by atoms with E-state index in [1.54, 1.807) is 7.11 Å². The zero-order valence-electron chi connectivity index (χ0n) is 11.4. The first-order valence-corrected chi connectivity index (χ1v) is 6.45. The van der Waals surface area contributed by atoms with Crippen molar-refractivity contribution < 1.29 is 9.47 Å². The Morgan fingerprint density at radius 2 is 2.06 bits per heavy atom. The molecule has 0 aliphatic rings. The maximum atomic E-state index is 5.79. The molecule has 0 saturated carbocycles. The Bertz CT molecular complexity index is 331. The topological polar surface area (TPSA) is 47.7 Å². The van der Waals surface area contributed by atoms with Gasteiger partial charge >= 0.3 is 0 Å². The lowest BCUT2D eigenvalue weighted by Crippen LogP contribution is -2.27. The van der Waals surface area contributed by atoms with Crippen molar-refractivity contribution in [2.45, 2.75) is 13.3 Å². The van der Waals surface area contributed by atoms with Crippen molar-refractivity contribution in [2.24, 2.45) is 0 Å². The molecular formula is C14H24N2O2.